The van der Waals surface area contributed by atoms with Gasteiger partial charge in [0.1, 0.15) is 16.4 Å². The number of hydrogen-bond donors (Lipinski definition) is 1. The van der Waals surface area contributed by atoms with Gasteiger partial charge in [0.05, 0.1) is 29.2 Å². The molecule has 1 N–H and O–H groups in total. The van der Waals surface area contributed by atoms with Crippen LogP contribution in [0.4, 0.5) is 17.1 Å². The number of nitrogens with zero attached hydrogens (tertiary/aromatic N) is 3. The quantitative estimate of drug-likeness (QED) is 0.357. The number of amidine groups is 1. The van der Waals surface area contributed by atoms with Crippen molar-refractivity contribution in [1.29, 1.82) is 0 Å². The average Bonchev–Trinajstić information content (AvgIpc) is 3.35. The third-order valence-electron chi connectivity index (χ3n) is 5.62. The fourth-order valence-electron chi connectivity index (χ4n) is 3.74. The lowest BCUT2D eigenvalue weighted by molar-refractivity contribution is -0.113. The Balaban J connectivity index is 1.58. The highest BCUT2D eigenvalue weighted by Gasteiger charge is 2.40. The predicted molar refractivity (Wildman–Crippen MR) is 141 cm³/mol. The lowest BCUT2D eigenvalue weighted by atomic mass is 10.1. The summed E-state index contributed by atoms with van der Waals surface area (Å²) in [6, 6.07) is 19.2. The Labute approximate surface area is 211 Å². The maximum Gasteiger partial charge on any atom is 0.274 e. The monoisotopic (exact) mass is 503 g/mol. The Morgan fingerprint density at radius 1 is 1.00 bits per heavy atom. The summed E-state index contributed by atoms with van der Waals surface area (Å²) < 4.78 is 5.37. The zero-order chi connectivity index (χ0) is 24.7. The predicted octanol–water partition coefficient (Wildman–Crippen LogP) is 5.78. The molecule has 1 fully saturated rings. The van der Waals surface area contributed by atoms with Crippen LogP contribution in [0.15, 0.2) is 86.6 Å². The van der Waals surface area contributed by atoms with E-state index >= 15 is 0 Å². The maximum absolute atomic E-state index is 13.7. The largest absolute Gasteiger partial charge is 0.508 e. The van der Waals surface area contributed by atoms with Gasteiger partial charge in [0.15, 0.2) is 11.0 Å². The first-order chi connectivity index (χ1) is 16.9. The molecule has 2 heterocycles. The van der Waals surface area contributed by atoms with Gasteiger partial charge in [-0.1, -0.05) is 11.8 Å². The average molecular weight is 504 g/mol. The fourth-order valence-corrected chi connectivity index (χ4v) is 6.07. The SMILES string of the molecule is COc1ccc2c(c1)N(C)/C(=C1/SC(=Nc3ccc(C(C)=O)cc3)N(c3ccc(O)cc3)C1=O)S2. The van der Waals surface area contributed by atoms with E-state index in [0.29, 0.717) is 27.0 Å². The van der Waals surface area contributed by atoms with Crippen LogP contribution in [0.25, 0.3) is 0 Å². The van der Waals surface area contributed by atoms with Crippen LogP contribution in [0.2, 0.25) is 0 Å². The van der Waals surface area contributed by atoms with E-state index in [-0.39, 0.29) is 17.4 Å². The Kier molecular flexibility index (Phi) is 6.04. The number of amides is 1. The second-order valence-corrected chi connectivity index (χ2v) is 9.89. The minimum atomic E-state index is -0.200. The molecule has 176 valence electrons. The second-order valence-electron chi connectivity index (χ2n) is 7.89. The Bertz CT molecular complexity index is 1400. The van der Waals surface area contributed by atoms with Crippen LogP contribution in [0.5, 0.6) is 11.5 Å². The van der Waals surface area contributed by atoms with E-state index in [1.807, 2.05) is 30.1 Å². The van der Waals surface area contributed by atoms with Crippen LogP contribution in [-0.2, 0) is 4.79 Å². The highest BCUT2D eigenvalue weighted by molar-refractivity contribution is 8.20. The number of rotatable bonds is 4. The van der Waals surface area contributed by atoms with Crippen molar-refractivity contribution in [3.63, 3.8) is 0 Å². The number of anilines is 2. The number of aliphatic imine (C=N–C) groups is 1. The lowest BCUT2D eigenvalue weighted by Crippen LogP contribution is -2.29. The molecule has 0 saturated carbocycles. The second kappa shape index (κ2) is 9.16. The summed E-state index contributed by atoms with van der Waals surface area (Å²) in [5.74, 6) is 0.633. The summed E-state index contributed by atoms with van der Waals surface area (Å²) in [6.45, 7) is 1.51. The third kappa shape index (κ3) is 4.28. The number of ketones is 1. The zero-order valence-corrected chi connectivity index (χ0v) is 20.8. The number of carbonyl (C=O) groups excluding carboxylic acids is 2. The van der Waals surface area contributed by atoms with Gasteiger partial charge in [-0.25, -0.2) is 4.99 Å². The molecule has 0 bridgehead atoms. The van der Waals surface area contributed by atoms with Gasteiger partial charge in [-0.05, 0) is 79.3 Å². The van der Waals surface area contributed by atoms with Crippen molar-refractivity contribution in [2.75, 3.05) is 24.0 Å². The minimum absolute atomic E-state index is 0.0233. The Hall–Kier alpha value is -3.69. The number of phenols is 1. The van der Waals surface area contributed by atoms with Gasteiger partial charge < -0.3 is 14.7 Å². The van der Waals surface area contributed by atoms with Crippen LogP contribution in [0.1, 0.15) is 17.3 Å². The number of phenolic OH excluding ortho intramolecular Hbond substituents is 1. The molecule has 0 atom stereocenters. The van der Waals surface area contributed by atoms with Crippen LogP contribution >= 0.6 is 23.5 Å². The van der Waals surface area contributed by atoms with Gasteiger partial charge >= 0.3 is 0 Å². The van der Waals surface area contributed by atoms with Crippen molar-refractivity contribution in [3.05, 3.63) is 82.2 Å². The molecular formula is C26H21N3O4S2. The fraction of sp³-hybridized carbons (Fsp3) is 0.115. The number of fused-ring (bicyclic) bond motifs is 1. The molecule has 3 aromatic rings. The summed E-state index contributed by atoms with van der Waals surface area (Å²) in [5.41, 5.74) is 2.78. The number of benzene rings is 3. The van der Waals surface area contributed by atoms with Crippen molar-refractivity contribution in [2.24, 2.45) is 4.99 Å². The summed E-state index contributed by atoms with van der Waals surface area (Å²) in [6.07, 6.45) is 0. The number of Topliss-reactive ketones (excluding diaryl/α,β-unsaturated/α-hetero) is 1. The van der Waals surface area contributed by atoms with Crippen molar-refractivity contribution < 1.29 is 19.4 Å². The van der Waals surface area contributed by atoms with Crippen LogP contribution in [0, 0.1) is 0 Å². The number of thioether (sulfide) groups is 2. The third-order valence-corrected chi connectivity index (χ3v) is 8.02. The van der Waals surface area contributed by atoms with E-state index in [1.54, 1.807) is 48.4 Å². The Morgan fingerprint density at radius 2 is 1.71 bits per heavy atom. The Morgan fingerprint density at radius 3 is 2.37 bits per heavy atom. The first-order valence-electron chi connectivity index (χ1n) is 10.7. The first kappa shape index (κ1) is 23.1. The molecular weight excluding hydrogens is 482 g/mol. The van der Waals surface area contributed by atoms with E-state index < -0.39 is 0 Å². The molecule has 3 aromatic carbocycles. The number of methoxy groups -OCH3 is 1. The lowest BCUT2D eigenvalue weighted by Gasteiger charge is -2.17. The summed E-state index contributed by atoms with van der Waals surface area (Å²) in [4.78, 5) is 35.2. The van der Waals surface area contributed by atoms with Gasteiger partial charge in [-0.3, -0.25) is 14.5 Å². The molecule has 35 heavy (non-hydrogen) atoms. The molecule has 0 spiro atoms. The molecule has 0 aliphatic carbocycles. The van der Waals surface area contributed by atoms with E-state index in [4.69, 9.17) is 9.73 Å². The van der Waals surface area contributed by atoms with Crippen LogP contribution in [0.3, 0.4) is 0 Å². The van der Waals surface area contributed by atoms with Gasteiger partial charge in [0, 0.05) is 23.6 Å². The van der Waals surface area contributed by atoms with Gasteiger partial charge in [-0.2, -0.15) is 0 Å². The first-order valence-corrected chi connectivity index (χ1v) is 12.3. The molecule has 0 unspecified atom stereocenters. The van der Waals surface area contributed by atoms with Crippen molar-refractivity contribution in [2.45, 2.75) is 11.8 Å². The van der Waals surface area contributed by atoms with E-state index in [9.17, 15) is 14.7 Å². The number of hydrogen-bond acceptors (Lipinski definition) is 8. The van der Waals surface area contributed by atoms with E-state index in [2.05, 4.69) is 0 Å². The van der Waals surface area contributed by atoms with Crippen LogP contribution in [-0.4, -0.2) is 36.1 Å². The van der Waals surface area contributed by atoms with Crippen molar-refractivity contribution in [3.8, 4) is 11.5 Å². The molecule has 7 nitrogen and oxygen atoms in total. The molecule has 9 heteroatoms. The molecule has 1 saturated heterocycles. The van der Waals surface area contributed by atoms with Crippen LogP contribution < -0.4 is 14.5 Å². The molecule has 1 amide bonds. The van der Waals surface area contributed by atoms with Gasteiger partial charge in [0.2, 0.25) is 0 Å². The maximum atomic E-state index is 13.7. The molecule has 0 radical (unpaired) electrons. The summed E-state index contributed by atoms with van der Waals surface area (Å²) in [7, 11) is 3.55. The molecule has 2 aliphatic heterocycles. The van der Waals surface area contributed by atoms with E-state index in [0.717, 1.165) is 21.4 Å². The standard InChI is InChI=1S/C26H21N3O4S2/c1-15(30)16-4-6-17(7-5-16)27-26-29(18-8-10-19(31)11-9-18)24(32)23(35-26)25-28(2)21-14-20(33-3)12-13-22(21)34-25/h4-14,31H,1-3H3/b25-23-,27-26?. The van der Waals surface area contributed by atoms with E-state index in [1.165, 1.54) is 42.6 Å². The highest BCUT2D eigenvalue weighted by atomic mass is 32.2. The minimum Gasteiger partial charge on any atom is -0.508 e. The summed E-state index contributed by atoms with van der Waals surface area (Å²) in [5, 5.41) is 11.0. The zero-order valence-electron chi connectivity index (χ0n) is 19.2. The topological polar surface area (TPSA) is 82.4 Å². The number of aromatic hydroxyl groups is 1. The normalized spacial score (nSPS) is 18.4. The number of ether oxygens (including phenoxy) is 1. The molecule has 2 aliphatic rings. The van der Waals surface area contributed by atoms with Crippen molar-refractivity contribution in [1.82, 2.24) is 0 Å². The smallest absolute Gasteiger partial charge is 0.274 e. The highest BCUT2D eigenvalue weighted by Crippen LogP contribution is 2.51. The molecule has 5 rings (SSSR count). The van der Waals surface area contributed by atoms with Crippen molar-refractivity contribution >= 4 is 57.4 Å². The number of carbonyl (C=O) groups is 2. The van der Waals surface area contributed by atoms with Gasteiger partial charge in [0.25, 0.3) is 5.91 Å². The molecule has 0 aromatic heterocycles. The summed E-state index contributed by atoms with van der Waals surface area (Å²) >= 11 is 2.82. The van der Waals surface area contributed by atoms with Gasteiger partial charge in [-0.15, -0.1) is 0 Å².